The van der Waals surface area contributed by atoms with Gasteiger partial charge in [0, 0.05) is 41.3 Å². The van der Waals surface area contributed by atoms with Gasteiger partial charge in [0.25, 0.3) is 0 Å². The summed E-state index contributed by atoms with van der Waals surface area (Å²) in [4.78, 5) is 67.3. The van der Waals surface area contributed by atoms with E-state index in [-0.39, 0.29) is 37.6 Å². The minimum absolute atomic E-state index is 0.0366. The Hall–Kier alpha value is -4.97. The molecule has 16 nitrogen and oxygen atoms in total. The lowest BCUT2D eigenvalue weighted by Gasteiger charge is -2.40. The third-order valence-electron chi connectivity index (χ3n) is 13.0. The quantitative estimate of drug-likeness (QED) is 0.129. The standard InChI is InChI=1S/C46H63N7O9S2/c1-28(2)47-43-50-36(26-63-43)35-23-38(32-18-17-30(61-6)21-34(32)48-35)62-31-22-37-39(54)51-46(41(56)57)24-29(46)15-11-8-7-9-12-16-33(40(55)53(37)25-31)49-42(58)52-45(19-13-10-14-20-45)27-64(59,60)44(3,4)5/h11,15,17-18,21,23,26,28-29,31,33,37H,7-10,12-14,16,19-20,22,24-25,27H2,1-6H3,(H,47,50)(H,51,54)(H,56,57)(H2,49,52,58)/t29?,31-,33+,37+,46-/m1/s1. The number of rotatable bonds is 11. The van der Waals surface area contributed by atoms with Crippen molar-refractivity contribution >= 4 is 61.0 Å². The van der Waals surface area contributed by atoms with Crippen LogP contribution in [0.25, 0.3) is 22.3 Å². The Balaban J connectivity index is 1.20. The molecule has 0 radical (unpaired) electrons. The van der Waals surface area contributed by atoms with E-state index in [1.165, 1.54) is 16.2 Å². The SMILES string of the molecule is COc1ccc2c(O[C@@H]3C[C@H]4C(=O)N[C@]5(C(=O)O)CC5C=CCCCCC[C@H](NC(=O)NC5(CS(=O)(=O)C(C)(C)C)CCCCC5)C(=O)N4C3)cc(-c3csc(NC(C)C)n3)nc2c1. The maximum atomic E-state index is 15.0. The monoisotopic (exact) mass is 921 g/mol. The highest BCUT2D eigenvalue weighted by atomic mass is 32.2. The third kappa shape index (κ3) is 10.4. The number of carboxylic acids is 1. The fourth-order valence-electron chi connectivity index (χ4n) is 9.11. The van der Waals surface area contributed by atoms with Crippen molar-refractivity contribution in [2.24, 2.45) is 5.92 Å². The highest BCUT2D eigenvalue weighted by Gasteiger charge is 2.61. The molecule has 1 aromatic carbocycles. The number of methoxy groups -OCH3 is 1. The van der Waals surface area contributed by atoms with E-state index >= 15 is 0 Å². The van der Waals surface area contributed by atoms with Crippen LogP contribution in [0, 0.1) is 5.92 Å². The number of allylic oxidation sites excluding steroid dienone is 1. The van der Waals surface area contributed by atoms with Gasteiger partial charge in [-0.3, -0.25) is 9.59 Å². The largest absolute Gasteiger partial charge is 0.497 e. The van der Waals surface area contributed by atoms with Crippen molar-refractivity contribution in [3.63, 3.8) is 0 Å². The number of fused-ring (bicyclic) bond motifs is 3. The molecule has 3 aromatic rings. The molecule has 348 valence electrons. The maximum absolute atomic E-state index is 15.0. The van der Waals surface area contributed by atoms with Crippen molar-refractivity contribution in [3.05, 3.63) is 41.8 Å². The van der Waals surface area contributed by atoms with Crippen molar-refractivity contribution in [3.8, 4) is 22.9 Å². The number of amides is 4. The Morgan fingerprint density at radius 3 is 2.50 bits per heavy atom. The topological polar surface area (TPSA) is 218 Å². The summed E-state index contributed by atoms with van der Waals surface area (Å²) in [6.07, 6.45) is 9.81. The highest BCUT2D eigenvalue weighted by Crippen LogP contribution is 2.46. The first-order valence-electron chi connectivity index (χ1n) is 22.5. The summed E-state index contributed by atoms with van der Waals surface area (Å²) in [6.45, 7) is 8.98. The Bertz CT molecular complexity index is 2370. The molecule has 4 heterocycles. The van der Waals surface area contributed by atoms with Crippen LogP contribution in [0.15, 0.2) is 41.8 Å². The summed E-state index contributed by atoms with van der Waals surface area (Å²) in [7, 11) is -2.05. The van der Waals surface area contributed by atoms with Gasteiger partial charge in [-0.25, -0.2) is 28.0 Å². The molecule has 1 unspecified atom stereocenters. The van der Waals surface area contributed by atoms with Crippen LogP contribution in [0.4, 0.5) is 9.93 Å². The number of pyridine rings is 1. The number of hydrogen-bond acceptors (Lipinski definition) is 12. The van der Waals surface area contributed by atoms with Crippen LogP contribution < -0.4 is 30.7 Å². The Morgan fingerprint density at radius 2 is 1.80 bits per heavy atom. The average molecular weight is 922 g/mol. The molecule has 64 heavy (non-hydrogen) atoms. The molecule has 2 aliphatic heterocycles. The van der Waals surface area contributed by atoms with Gasteiger partial charge in [-0.15, -0.1) is 11.3 Å². The van der Waals surface area contributed by atoms with Crippen LogP contribution in [0.5, 0.6) is 11.5 Å². The minimum Gasteiger partial charge on any atom is -0.497 e. The molecule has 3 fully saturated rings. The molecule has 4 amide bonds. The normalized spacial score (nSPS) is 25.3. The number of ether oxygens (including phenoxy) is 2. The predicted molar refractivity (Wildman–Crippen MR) is 246 cm³/mol. The number of hydrogen-bond donors (Lipinski definition) is 5. The number of carboxylic acid groups (broad SMARTS) is 1. The Labute approximate surface area is 379 Å². The zero-order valence-corrected chi connectivity index (χ0v) is 39.3. The van der Waals surface area contributed by atoms with E-state index in [1.54, 1.807) is 46.1 Å². The number of carbonyl (C=O) groups excluding carboxylic acids is 3. The maximum Gasteiger partial charge on any atom is 0.330 e. The molecule has 0 spiro atoms. The predicted octanol–water partition coefficient (Wildman–Crippen LogP) is 6.60. The van der Waals surface area contributed by atoms with Crippen molar-refractivity contribution in [2.75, 3.05) is 24.7 Å². The molecule has 2 saturated carbocycles. The fourth-order valence-corrected chi connectivity index (χ4v) is 11.5. The van der Waals surface area contributed by atoms with Gasteiger partial charge in [-0.2, -0.15) is 0 Å². The summed E-state index contributed by atoms with van der Waals surface area (Å²) in [5, 5.41) is 25.8. The average Bonchev–Trinajstić information content (AvgIpc) is 3.49. The van der Waals surface area contributed by atoms with E-state index < -0.39 is 73.6 Å². The highest BCUT2D eigenvalue weighted by molar-refractivity contribution is 7.92. The van der Waals surface area contributed by atoms with E-state index in [4.69, 9.17) is 19.4 Å². The second kappa shape index (κ2) is 18.9. The second-order valence-electron chi connectivity index (χ2n) is 19.2. The summed E-state index contributed by atoms with van der Waals surface area (Å²) in [5.74, 6) is -1.87. The lowest BCUT2D eigenvalue weighted by Crippen LogP contribution is -2.61. The lowest BCUT2D eigenvalue weighted by atomic mass is 9.83. The summed E-state index contributed by atoms with van der Waals surface area (Å²) < 4.78 is 38.3. The molecule has 7 rings (SSSR count). The first-order valence-corrected chi connectivity index (χ1v) is 25.1. The number of sulfone groups is 1. The Morgan fingerprint density at radius 1 is 1.05 bits per heavy atom. The number of nitrogens with zero attached hydrogens (tertiary/aromatic N) is 3. The van der Waals surface area contributed by atoms with Crippen molar-refractivity contribution in [1.29, 1.82) is 0 Å². The molecule has 18 heteroatoms. The molecular formula is C46H63N7O9S2. The van der Waals surface area contributed by atoms with Gasteiger partial charge in [0.2, 0.25) is 11.8 Å². The van der Waals surface area contributed by atoms with Crippen LogP contribution in [0.3, 0.4) is 0 Å². The number of thiazole rings is 1. The molecule has 2 aliphatic carbocycles. The van der Waals surface area contributed by atoms with Crippen LogP contribution >= 0.6 is 11.3 Å². The zero-order chi connectivity index (χ0) is 46.0. The minimum atomic E-state index is -3.62. The van der Waals surface area contributed by atoms with Gasteiger partial charge in [0.15, 0.2) is 15.0 Å². The molecule has 1 saturated heterocycles. The van der Waals surface area contributed by atoms with Crippen molar-refractivity contribution in [2.45, 2.75) is 152 Å². The second-order valence-corrected chi connectivity index (χ2v) is 22.8. The number of urea groups is 1. The summed E-state index contributed by atoms with van der Waals surface area (Å²) in [5.41, 5.74) is -0.763. The van der Waals surface area contributed by atoms with E-state index in [9.17, 15) is 32.7 Å². The number of benzene rings is 1. The van der Waals surface area contributed by atoms with E-state index in [1.807, 2.05) is 37.4 Å². The van der Waals surface area contributed by atoms with Crippen molar-refractivity contribution in [1.82, 2.24) is 30.8 Å². The summed E-state index contributed by atoms with van der Waals surface area (Å²) >= 11 is 1.45. The smallest absolute Gasteiger partial charge is 0.330 e. The van der Waals surface area contributed by atoms with Crippen LogP contribution in [0.1, 0.15) is 112 Å². The van der Waals surface area contributed by atoms with Gasteiger partial charge in [0.1, 0.15) is 40.9 Å². The van der Waals surface area contributed by atoms with Gasteiger partial charge in [-0.1, -0.05) is 44.3 Å². The van der Waals surface area contributed by atoms with Gasteiger partial charge in [0.05, 0.1) is 40.9 Å². The molecular weight excluding hydrogens is 859 g/mol. The lowest BCUT2D eigenvalue weighted by molar-refractivity contribution is -0.145. The van der Waals surface area contributed by atoms with E-state index in [0.29, 0.717) is 59.5 Å². The molecule has 5 N–H and O–H groups in total. The van der Waals surface area contributed by atoms with E-state index in [2.05, 4.69) is 21.3 Å². The third-order valence-corrected chi connectivity index (χ3v) is 16.5. The fraction of sp³-hybridized carbons (Fsp3) is 0.609. The van der Waals surface area contributed by atoms with Crippen LogP contribution in [-0.2, 0) is 24.2 Å². The van der Waals surface area contributed by atoms with Gasteiger partial charge in [-0.05, 0) is 85.3 Å². The summed E-state index contributed by atoms with van der Waals surface area (Å²) in [6, 6.07) is 4.53. The first kappa shape index (κ1) is 47.0. The molecule has 2 aromatic heterocycles. The van der Waals surface area contributed by atoms with Crippen molar-refractivity contribution < 1.29 is 42.2 Å². The molecule has 5 atom stereocenters. The van der Waals surface area contributed by atoms with Crippen LogP contribution in [0.2, 0.25) is 0 Å². The van der Waals surface area contributed by atoms with E-state index in [0.717, 1.165) is 37.2 Å². The first-order chi connectivity index (χ1) is 30.3. The van der Waals surface area contributed by atoms with Crippen LogP contribution in [-0.4, -0.2) is 112 Å². The molecule has 0 bridgehead atoms. The number of anilines is 1. The molecule has 4 aliphatic rings. The number of aromatic nitrogens is 2. The van der Waals surface area contributed by atoms with Gasteiger partial charge < -0.3 is 40.7 Å². The Kier molecular flexibility index (Phi) is 13.9. The number of nitrogens with one attached hydrogen (secondary N) is 4. The van der Waals surface area contributed by atoms with Gasteiger partial charge >= 0.3 is 12.0 Å². The number of aliphatic carboxylic acids is 1. The number of carbonyl (C=O) groups is 4. The zero-order valence-electron chi connectivity index (χ0n) is 37.7.